The second-order valence-corrected chi connectivity index (χ2v) is 4.11. The zero-order valence-corrected chi connectivity index (χ0v) is 10.6. The average Bonchev–Trinajstić information content (AvgIpc) is 2.83. The van der Waals surface area contributed by atoms with Gasteiger partial charge in [-0.25, -0.2) is 0 Å². The maximum absolute atomic E-state index is 5.83. The lowest BCUT2D eigenvalue weighted by Crippen LogP contribution is -2.28. The molecule has 18 heavy (non-hydrogen) atoms. The third kappa shape index (κ3) is 2.73. The molecule has 1 aromatic carbocycles. The summed E-state index contributed by atoms with van der Waals surface area (Å²) >= 11 is 0. The fourth-order valence-electron chi connectivity index (χ4n) is 2.02. The molecule has 0 saturated carbocycles. The van der Waals surface area contributed by atoms with Crippen LogP contribution in [-0.4, -0.2) is 13.1 Å². The molecule has 0 aliphatic rings. The summed E-state index contributed by atoms with van der Waals surface area (Å²) in [6.07, 6.45) is 2.63. The number of nitrogens with one attached hydrogen (secondary N) is 1. The largest absolute Gasteiger partial charge is 0.464 e. The van der Waals surface area contributed by atoms with Crippen LogP contribution in [0.4, 0.5) is 0 Å². The topological polar surface area (TPSA) is 51.2 Å². The molecular formula is C15H18N2O. The van der Waals surface area contributed by atoms with Crippen LogP contribution in [0.3, 0.4) is 0 Å². The van der Waals surface area contributed by atoms with Crippen LogP contribution in [0.15, 0.2) is 34.9 Å². The molecule has 3 heteroatoms. The van der Waals surface area contributed by atoms with E-state index in [1.807, 2.05) is 25.1 Å². The number of hydrogen-bond donors (Lipinski definition) is 2. The molecule has 0 spiro atoms. The number of para-hydroxylation sites is 1. The van der Waals surface area contributed by atoms with E-state index in [1.165, 1.54) is 0 Å². The van der Waals surface area contributed by atoms with Gasteiger partial charge in [0, 0.05) is 36.5 Å². The SMILES string of the molecule is CC#CCCNC(CN)c1coc2ccccc12. The van der Waals surface area contributed by atoms with Crippen molar-refractivity contribution in [3.05, 3.63) is 36.1 Å². The van der Waals surface area contributed by atoms with Crippen molar-refractivity contribution in [2.75, 3.05) is 13.1 Å². The highest BCUT2D eigenvalue weighted by Gasteiger charge is 2.14. The fourth-order valence-corrected chi connectivity index (χ4v) is 2.02. The first kappa shape index (κ1) is 12.7. The third-order valence-corrected chi connectivity index (χ3v) is 2.94. The first-order valence-corrected chi connectivity index (χ1v) is 6.16. The molecule has 1 unspecified atom stereocenters. The standard InChI is InChI=1S/C15H18N2O/c1-2-3-6-9-17-14(10-16)13-11-18-15-8-5-4-7-12(13)15/h4-5,7-8,11,14,17H,6,9-10,16H2,1H3. The van der Waals surface area contributed by atoms with Gasteiger partial charge in [-0.3, -0.25) is 0 Å². The molecule has 0 amide bonds. The van der Waals surface area contributed by atoms with Gasteiger partial charge in [-0.15, -0.1) is 11.8 Å². The van der Waals surface area contributed by atoms with E-state index in [4.69, 9.17) is 10.2 Å². The minimum atomic E-state index is 0.118. The Bertz CT molecular complexity index is 562. The monoisotopic (exact) mass is 242 g/mol. The summed E-state index contributed by atoms with van der Waals surface area (Å²) in [6, 6.07) is 8.13. The van der Waals surface area contributed by atoms with Gasteiger partial charge in [0.2, 0.25) is 0 Å². The Hall–Kier alpha value is -1.76. The highest BCUT2D eigenvalue weighted by molar-refractivity contribution is 5.81. The minimum Gasteiger partial charge on any atom is -0.464 e. The van der Waals surface area contributed by atoms with Crippen molar-refractivity contribution in [2.45, 2.75) is 19.4 Å². The minimum absolute atomic E-state index is 0.118. The molecule has 3 N–H and O–H groups in total. The quantitative estimate of drug-likeness (QED) is 0.625. The number of nitrogens with two attached hydrogens (primary N) is 1. The molecule has 1 atom stereocenters. The molecule has 94 valence electrons. The van der Waals surface area contributed by atoms with Crippen molar-refractivity contribution in [3.63, 3.8) is 0 Å². The summed E-state index contributed by atoms with van der Waals surface area (Å²) < 4.78 is 5.54. The van der Waals surface area contributed by atoms with Crippen LogP contribution >= 0.6 is 0 Å². The molecule has 2 aromatic rings. The Morgan fingerprint density at radius 1 is 1.39 bits per heavy atom. The van der Waals surface area contributed by atoms with Crippen LogP contribution in [0.25, 0.3) is 11.0 Å². The maximum atomic E-state index is 5.83. The first-order valence-electron chi connectivity index (χ1n) is 6.16. The summed E-state index contributed by atoms with van der Waals surface area (Å²) in [5, 5.41) is 4.54. The van der Waals surface area contributed by atoms with Crippen molar-refractivity contribution in [3.8, 4) is 11.8 Å². The van der Waals surface area contributed by atoms with Gasteiger partial charge in [0.15, 0.2) is 0 Å². The van der Waals surface area contributed by atoms with Crippen molar-refractivity contribution in [2.24, 2.45) is 5.73 Å². The molecule has 3 nitrogen and oxygen atoms in total. The lowest BCUT2D eigenvalue weighted by atomic mass is 10.1. The predicted molar refractivity (Wildman–Crippen MR) is 74.1 cm³/mol. The highest BCUT2D eigenvalue weighted by atomic mass is 16.3. The Kier molecular flexibility index (Phi) is 4.40. The smallest absolute Gasteiger partial charge is 0.134 e. The second-order valence-electron chi connectivity index (χ2n) is 4.11. The molecule has 0 aliphatic heterocycles. The first-order chi connectivity index (χ1) is 8.86. The molecular weight excluding hydrogens is 224 g/mol. The fraction of sp³-hybridized carbons (Fsp3) is 0.333. The Labute approximate surface area is 107 Å². The van der Waals surface area contributed by atoms with Gasteiger partial charge in [-0.2, -0.15) is 0 Å². The summed E-state index contributed by atoms with van der Waals surface area (Å²) in [5.41, 5.74) is 7.86. The van der Waals surface area contributed by atoms with Crippen molar-refractivity contribution >= 4 is 11.0 Å². The van der Waals surface area contributed by atoms with E-state index in [1.54, 1.807) is 6.26 Å². The molecule has 1 heterocycles. The van der Waals surface area contributed by atoms with E-state index in [0.29, 0.717) is 6.54 Å². The molecule has 2 rings (SSSR count). The van der Waals surface area contributed by atoms with E-state index < -0.39 is 0 Å². The molecule has 0 bridgehead atoms. The van der Waals surface area contributed by atoms with Crippen molar-refractivity contribution in [1.29, 1.82) is 0 Å². The molecule has 0 fully saturated rings. The van der Waals surface area contributed by atoms with Gasteiger partial charge in [-0.05, 0) is 13.0 Å². The number of hydrogen-bond acceptors (Lipinski definition) is 3. The van der Waals surface area contributed by atoms with Gasteiger partial charge in [0.25, 0.3) is 0 Å². The van der Waals surface area contributed by atoms with Crippen LogP contribution in [0.2, 0.25) is 0 Å². The second kappa shape index (κ2) is 6.25. The van der Waals surface area contributed by atoms with Gasteiger partial charge in [-0.1, -0.05) is 18.2 Å². The normalized spacial score (nSPS) is 12.1. The molecule has 0 aliphatic carbocycles. The van der Waals surface area contributed by atoms with Crippen LogP contribution in [0.5, 0.6) is 0 Å². The van der Waals surface area contributed by atoms with Crippen LogP contribution < -0.4 is 11.1 Å². The van der Waals surface area contributed by atoms with E-state index in [9.17, 15) is 0 Å². The lowest BCUT2D eigenvalue weighted by Gasteiger charge is -2.14. The summed E-state index contributed by atoms with van der Waals surface area (Å²) in [4.78, 5) is 0. The summed E-state index contributed by atoms with van der Waals surface area (Å²) in [6.45, 7) is 3.23. The van der Waals surface area contributed by atoms with Crippen LogP contribution in [0, 0.1) is 11.8 Å². The van der Waals surface area contributed by atoms with E-state index in [0.717, 1.165) is 29.5 Å². The Balaban J connectivity index is 2.13. The van der Waals surface area contributed by atoms with Gasteiger partial charge in [0.1, 0.15) is 5.58 Å². The predicted octanol–water partition coefficient (Wildman–Crippen LogP) is 2.44. The highest BCUT2D eigenvalue weighted by Crippen LogP contribution is 2.25. The zero-order valence-electron chi connectivity index (χ0n) is 10.6. The van der Waals surface area contributed by atoms with E-state index in [2.05, 4.69) is 23.2 Å². The van der Waals surface area contributed by atoms with Crippen molar-refractivity contribution in [1.82, 2.24) is 5.32 Å². The van der Waals surface area contributed by atoms with Gasteiger partial charge in [0.05, 0.1) is 6.26 Å². The van der Waals surface area contributed by atoms with Crippen LogP contribution in [-0.2, 0) is 0 Å². The maximum Gasteiger partial charge on any atom is 0.134 e. The van der Waals surface area contributed by atoms with Crippen molar-refractivity contribution < 1.29 is 4.42 Å². The zero-order chi connectivity index (χ0) is 12.8. The molecule has 0 radical (unpaired) electrons. The van der Waals surface area contributed by atoms with Gasteiger partial charge < -0.3 is 15.5 Å². The van der Waals surface area contributed by atoms with E-state index >= 15 is 0 Å². The lowest BCUT2D eigenvalue weighted by molar-refractivity contribution is 0.537. The number of fused-ring (bicyclic) bond motifs is 1. The molecule has 0 saturated heterocycles. The average molecular weight is 242 g/mol. The number of benzene rings is 1. The van der Waals surface area contributed by atoms with Gasteiger partial charge >= 0.3 is 0 Å². The Morgan fingerprint density at radius 2 is 2.22 bits per heavy atom. The Morgan fingerprint density at radius 3 is 3.00 bits per heavy atom. The summed E-state index contributed by atoms with van der Waals surface area (Å²) in [5.74, 6) is 5.92. The number of rotatable bonds is 5. The summed E-state index contributed by atoms with van der Waals surface area (Å²) in [7, 11) is 0. The third-order valence-electron chi connectivity index (χ3n) is 2.94. The van der Waals surface area contributed by atoms with Crippen LogP contribution in [0.1, 0.15) is 24.9 Å². The van der Waals surface area contributed by atoms with E-state index in [-0.39, 0.29) is 6.04 Å². The molecule has 1 aromatic heterocycles. The number of furan rings is 1.